The lowest BCUT2D eigenvalue weighted by Crippen LogP contribution is -2.55. The van der Waals surface area contributed by atoms with Gasteiger partial charge in [-0.25, -0.2) is 9.63 Å². The van der Waals surface area contributed by atoms with Gasteiger partial charge in [-0.1, -0.05) is 27.2 Å². The van der Waals surface area contributed by atoms with Crippen molar-refractivity contribution < 1.29 is 14.4 Å². The fourth-order valence-corrected chi connectivity index (χ4v) is 3.26. The molecule has 0 saturated heterocycles. The van der Waals surface area contributed by atoms with Gasteiger partial charge in [0.1, 0.15) is 0 Å². The summed E-state index contributed by atoms with van der Waals surface area (Å²) < 4.78 is 5.52. The molecule has 6 nitrogen and oxygen atoms in total. The third-order valence-corrected chi connectivity index (χ3v) is 4.08. The Hall–Kier alpha value is -1.56. The average Bonchev–Trinajstić information content (AvgIpc) is 2.38. The summed E-state index contributed by atoms with van der Waals surface area (Å²) in [5.74, 6) is -0.920. The molecule has 1 aliphatic carbocycles. The lowest BCUT2D eigenvalue weighted by molar-refractivity contribution is -0.347. The van der Waals surface area contributed by atoms with Crippen LogP contribution in [0, 0.1) is 11.3 Å². The van der Waals surface area contributed by atoms with E-state index in [1.165, 1.54) is 0 Å². The van der Waals surface area contributed by atoms with Gasteiger partial charge in [0.05, 0.1) is 6.54 Å². The van der Waals surface area contributed by atoms with E-state index in [0.29, 0.717) is 13.0 Å². The molecule has 0 aromatic carbocycles. The first-order valence-corrected chi connectivity index (χ1v) is 7.46. The molecule has 1 saturated carbocycles. The van der Waals surface area contributed by atoms with E-state index in [9.17, 15) is 4.79 Å². The second kappa shape index (κ2) is 6.05. The Labute approximate surface area is 125 Å². The van der Waals surface area contributed by atoms with Crippen molar-refractivity contribution in [3.63, 3.8) is 0 Å². The molecule has 21 heavy (non-hydrogen) atoms. The molecule has 0 bridgehead atoms. The zero-order chi connectivity index (χ0) is 15.5. The quantitative estimate of drug-likeness (QED) is 0.812. The first kappa shape index (κ1) is 15.8. The molecule has 2 atom stereocenters. The van der Waals surface area contributed by atoms with Crippen LogP contribution >= 0.6 is 0 Å². The molecule has 0 spiro atoms. The summed E-state index contributed by atoms with van der Waals surface area (Å²) in [6.45, 7) is 6.94. The van der Waals surface area contributed by atoms with Crippen LogP contribution in [0.4, 0.5) is 4.79 Å². The number of aliphatic imine (C=N–C) groups is 1. The SMILES string of the molecule is CC(C)(C)C1CCCCC1(OC(N)=O)ON1C=CN=CC1. The highest BCUT2D eigenvalue weighted by Gasteiger charge is 2.51. The van der Waals surface area contributed by atoms with E-state index < -0.39 is 11.9 Å². The van der Waals surface area contributed by atoms with Crippen LogP contribution in [0.2, 0.25) is 0 Å². The minimum absolute atomic E-state index is 0.0521. The molecule has 1 heterocycles. The van der Waals surface area contributed by atoms with Gasteiger partial charge in [0.2, 0.25) is 5.79 Å². The number of rotatable bonds is 3. The largest absolute Gasteiger partial charge is 0.415 e. The maximum Gasteiger partial charge on any atom is 0.407 e. The van der Waals surface area contributed by atoms with E-state index in [1.54, 1.807) is 23.7 Å². The summed E-state index contributed by atoms with van der Waals surface area (Å²) in [5.41, 5.74) is 5.26. The number of ether oxygens (including phenoxy) is 1. The van der Waals surface area contributed by atoms with Crippen LogP contribution in [-0.2, 0) is 9.57 Å². The Bertz CT molecular complexity index is 442. The first-order chi connectivity index (χ1) is 9.83. The van der Waals surface area contributed by atoms with E-state index in [4.69, 9.17) is 15.3 Å². The molecule has 6 heteroatoms. The molecule has 1 fully saturated rings. The van der Waals surface area contributed by atoms with Crippen molar-refractivity contribution in [2.75, 3.05) is 6.54 Å². The number of primary amides is 1. The van der Waals surface area contributed by atoms with Crippen molar-refractivity contribution >= 4 is 12.3 Å². The Kier molecular flexibility index (Phi) is 4.56. The van der Waals surface area contributed by atoms with E-state index in [2.05, 4.69) is 25.8 Å². The Balaban J connectivity index is 2.26. The topological polar surface area (TPSA) is 77.1 Å². The number of amides is 1. The normalized spacial score (nSPS) is 29.5. The highest BCUT2D eigenvalue weighted by atomic mass is 16.8. The van der Waals surface area contributed by atoms with Crippen molar-refractivity contribution in [2.45, 2.75) is 52.2 Å². The van der Waals surface area contributed by atoms with Crippen molar-refractivity contribution in [3.8, 4) is 0 Å². The lowest BCUT2D eigenvalue weighted by atomic mass is 9.68. The highest BCUT2D eigenvalue weighted by Crippen LogP contribution is 2.47. The molecule has 2 N–H and O–H groups in total. The Morgan fingerprint density at radius 3 is 2.76 bits per heavy atom. The summed E-state index contributed by atoms with van der Waals surface area (Å²) in [5, 5.41) is 1.65. The van der Waals surface area contributed by atoms with Gasteiger partial charge in [-0.3, -0.25) is 10.1 Å². The molecule has 0 radical (unpaired) electrons. The average molecular weight is 295 g/mol. The van der Waals surface area contributed by atoms with E-state index in [-0.39, 0.29) is 11.3 Å². The Morgan fingerprint density at radius 2 is 2.19 bits per heavy atom. The molecule has 2 aliphatic rings. The molecule has 1 aliphatic heterocycles. The second-order valence-corrected chi connectivity index (χ2v) is 6.72. The number of hydroxylamine groups is 2. The smallest absolute Gasteiger partial charge is 0.407 e. The van der Waals surface area contributed by atoms with Gasteiger partial charge in [0, 0.05) is 31.0 Å². The number of nitrogens with zero attached hydrogens (tertiary/aromatic N) is 2. The number of carbonyl (C=O) groups is 1. The molecule has 2 rings (SSSR count). The monoisotopic (exact) mass is 295 g/mol. The van der Waals surface area contributed by atoms with Crippen LogP contribution in [0.5, 0.6) is 0 Å². The minimum atomic E-state index is -1.00. The zero-order valence-electron chi connectivity index (χ0n) is 13.0. The van der Waals surface area contributed by atoms with Crippen molar-refractivity contribution in [2.24, 2.45) is 22.1 Å². The van der Waals surface area contributed by atoms with E-state index in [1.807, 2.05) is 0 Å². The number of hydrogen-bond donors (Lipinski definition) is 1. The first-order valence-electron chi connectivity index (χ1n) is 7.46. The van der Waals surface area contributed by atoms with Crippen LogP contribution in [-0.4, -0.2) is 29.7 Å². The standard InChI is InChI=1S/C15H25N3O3/c1-14(2,3)12-6-4-5-7-15(12,20-13(16)19)21-18-10-8-17-9-11-18/h8-10,12H,4-7,11H2,1-3H3,(H2,16,19). The van der Waals surface area contributed by atoms with Crippen LogP contribution in [0.15, 0.2) is 17.4 Å². The van der Waals surface area contributed by atoms with Gasteiger partial charge in [0.15, 0.2) is 0 Å². The number of hydrogen-bond acceptors (Lipinski definition) is 5. The van der Waals surface area contributed by atoms with Crippen LogP contribution < -0.4 is 5.73 Å². The molecular formula is C15H25N3O3. The Morgan fingerprint density at radius 1 is 1.43 bits per heavy atom. The van der Waals surface area contributed by atoms with Gasteiger partial charge >= 0.3 is 6.09 Å². The predicted octanol–water partition coefficient (Wildman–Crippen LogP) is 2.80. The van der Waals surface area contributed by atoms with Crippen LogP contribution in [0.25, 0.3) is 0 Å². The minimum Gasteiger partial charge on any atom is -0.415 e. The molecule has 2 unspecified atom stereocenters. The van der Waals surface area contributed by atoms with Gasteiger partial charge < -0.3 is 10.5 Å². The van der Waals surface area contributed by atoms with E-state index >= 15 is 0 Å². The van der Waals surface area contributed by atoms with Gasteiger partial charge in [-0.05, 0) is 18.3 Å². The summed E-state index contributed by atoms with van der Waals surface area (Å²) in [7, 11) is 0. The van der Waals surface area contributed by atoms with Crippen molar-refractivity contribution in [1.82, 2.24) is 5.06 Å². The number of carbonyl (C=O) groups excluding carboxylic acids is 1. The van der Waals surface area contributed by atoms with Gasteiger partial charge in [-0.15, -0.1) is 0 Å². The fourth-order valence-electron chi connectivity index (χ4n) is 3.26. The maximum atomic E-state index is 11.4. The molecule has 1 amide bonds. The second-order valence-electron chi connectivity index (χ2n) is 6.72. The molecule has 0 aromatic rings. The van der Waals surface area contributed by atoms with Crippen molar-refractivity contribution in [1.29, 1.82) is 0 Å². The lowest BCUT2D eigenvalue weighted by Gasteiger charge is -2.48. The zero-order valence-corrected chi connectivity index (χ0v) is 13.0. The molecule has 118 valence electrons. The molecule has 0 aromatic heterocycles. The third kappa shape index (κ3) is 3.75. The number of nitrogens with two attached hydrogens (primary N) is 1. The fraction of sp³-hybridized carbons (Fsp3) is 0.733. The van der Waals surface area contributed by atoms with Gasteiger partial charge in [-0.2, -0.15) is 0 Å². The van der Waals surface area contributed by atoms with Crippen LogP contribution in [0.1, 0.15) is 46.5 Å². The van der Waals surface area contributed by atoms with Crippen molar-refractivity contribution in [3.05, 3.63) is 12.4 Å². The summed E-state index contributed by atoms with van der Waals surface area (Å²) in [4.78, 5) is 21.6. The third-order valence-electron chi connectivity index (χ3n) is 4.08. The maximum absolute atomic E-state index is 11.4. The summed E-state index contributed by atoms with van der Waals surface area (Å²) >= 11 is 0. The summed E-state index contributed by atoms with van der Waals surface area (Å²) in [6, 6.07) is 0. The predicted molar refractivity (Wildman–Crippen MR) is 80.2 cm³/mol. The highest BCUT2D eigenvalue weighted by molar-refractivity contribution is 5.65. The van der Waals surface area contributed by atoms with E-state index in [0.717, 1.165) is 19.3 Å². The summed E-state index contributed by atoms with van der Waals surface area (Å²) in [6.07, 6.45) is 7.99. The van der Waals surface area contributed by atoms with Crippen LogP contribution in [0.3, 0.4) is 0 Å². The molecular weight excluding hydrogens is 270 g/mol. The van der Waals surface area contributed by atoms with Gasteiger partial charge in [0.25, 0.3) is 0 Å².